The number of benzene rings is 3. The highest BCUT2D eigenvalue weighted by molar-refractivity contribution is 8.00. The van der Waals surface area contributed by atoms with Gasteiger partial charge in [-0.25, -0.2) is 4.39 Å². The fraction of sp³-hybridized carbons (Fsp3) is 0.154. The van der Waals surface area contributed by atoms with E-state index >= 15 is 0 Å². The Hall–Kier alpha value is -3.58. The standard InChI is InChI=1S/C26H23FN4OS/c27-22-7-1-2-8-23(22)30-15-17-31(18-16-30)26(32)20-10-12-21(13-11-20)29-33-24-9-3-5-19-6-4-14-28-25(19)24/h1-14,29H,15-18H2. The van der Waals surface area contributed by atoms with Crippen molar-refractivity contribution in [3.05, 3.63) is 96.4 Å². The molecule has 1 aliphatic heterocycles. The van der Waals surface area contributed by atoms with Crippen molar-refractivity contribution in [1.29, 1.82) is 0 Å². The first kappa shape index (κ1) is 21.3. The number of halogens is 1. The van der Waals surface area contributed by atoms with E-state index in [0.717, 1.165) is 21.5 Å². The maximum atomic E-state index is 14.0. The average Bonchev–Trinajstić information content (AvgIpc) is 2.88. The van der Waals surface area contributed by atoms with Crippen LogP contribution in [0.4, 0.5) is 15.8 Å². The van der Waals surface area contributed by atoms with Crippen molar-refractivity contribution in [2.75, 3.05) is 35.8 Å². The number of hydrogen-bond donors (Lipinski definition) is 1. The van der Waals surface area contributed by atoms with E-state index in [1.165, 1.54) is 18.0 Å². The Morgan fingerprint density at radius 1 is 0.879 bits per heavy atom. The zero-order valence-electron chi connectivity index (χ0n) is 17.9. The molecule has 5 rings (SSSR count). The van der Waals surface area contributed by atoms with Crippen molar-refractivity contribution in [2.45, 2.75) is 4.90 Å². The lowest BCUT2D eigenvalue weighted by Crippen LogP contribution is -2.49. The smallest absolute Gasteiger partial charge is 0.253 e. The minimum atomic E-state index is -0.225. The van der Waals surface area contributed by atoms with Crippen molar-refractivity contribution in [2.24, 2.45) is 0 Å². The molecule has 0 spiro atoms. The molecule has 0 saturated carbocycles. The van der Waals surface area contributed by atoms with Crippen LogP contribution in [0.2, 0.25) is 0 Å². The van der Waals surface area contributed by atoms with Crippen LogP contribution in [0.1, 0.15) is 10.4 Å². The molecule has 1 saturated heterocycles. The van der Waals surface area contributed by atoms with Crippen molar-refractivity contribution in [1.82, 2.24) is 9.88 Å². The number of fused-ring (bicyclic) bond motifs is 1. The third-order valence-corrected chi connectivity index (χ3v) is 6.65. The van der Waals surface area contributed by atoms with Crippen LogP contribution in [0, 0.1) is 5.82 Å². The first-order chi connectivity index (χ1) is 16.2. The molecule has 5 nitrogen and oxygen atoms in total. The second-order valence-corrected chi connectivity index (χ2v) is 8.69. The molecule has 1 fully saturated rings. The number of aromatic nitrogens is 1. The van der Waals surface area contributed by atoms with E-state index in [2.05, 4.69) is 9.71 Å². The zero-order chi connectivity index (χ0) is 22.6. The van der Waals surface area contributed by atoms with E-state index in [4.69, 9.17) is 0 Å². The molecule has 1 aliphatic rings. The number of hydrogen-bond acceptors (Lipinski definition) is 5. The third kappa shape index (κ3) is 4.64. The number of anilines is 2. The van der Waals surface area contributed by atoms with E-state index < -0.39 is 0 Å². The summed E-state index contributed by atoms with van der Waals surface area (Å²) in [5.74, 6) is -0.224. The van der Waals surface area contributed by atoms with Gasteiger partial charge < -0.3 is 14.5 Å². The SMILES string of the molecule is O=C(c1ccc(NSc2cccc3cccnc23)cc1)N1CCN(c2ccccc2F)CC1. The van der Waals surface area contributed by atoms with Gasteiger partial charge in [0.05, 0.1) is 16.1 Å². The van der Waals surface area contributed by atoms with Crippen LogP contribution >= 0.6 is 11.9 Å². The van der Waals surface area contributed by atoms with Crippen LogP contribution in [0.3, 0.4) is 0 Å². The molecular weight excluding hydrogens is 435 g/mol. The molecule has 0 atom stereocenters. The van der Waals surface area contributed by atoms with E-state index in [-0.39, 0.29) is 11.7 Å². The fourth-order valence-corrected chi connectivity index (χ4v) is 4.77. The lowest BCUT2D eigenvalue weighted by atomic mass is 10.1. The Morgan fingerprint density at radius 2 is 1.64 bits per heavy atom. The van der Waals surface area contributed by atoms with Crippen molar-refractivity contribution < 1.29 is 9.18 Å². The molecule has 1 amide bonds. The van der Waals surface area contributed by atoms with Crippen molar-refractivity contribution >= 4 is 40.1 Å². The third-order valence-electron chi connectivity index (χ3n) is 5.77. The number of carbonyl (C=O) groups is 1. The summed E-state index contributed by atoms with van der Waals surface area (Å²) in [5.41, 5.74) is 3.11. The average molecular weight is 459 g/mol. The van der Waals surface area contributed by atoms with Crippen LogP contribution < -0.4 is 9.62 Å². The molecule has 166 valence electrons. The Balaban J connectivity index is 1.19. The van der Waals surface area contributed by atoms with E-state index in [0.29, 0.717) is 37.4 Å². The summed E-state index contributed by atoms with van der Waals surface area (Å²) < 4.78 is 17.4. The van der Waals surface area contributed by atoms with Gasteiger partial charge in [0.15, 0.2) is 0 Å². The minimum absolute atomic E-state index is 0.000593. The lowest BCUT2D eigenvalue weighted by molar-refractivity contribution is 0.0746. The van der Waals surface area contributed by atoms with Crippen molar-refractivity contribution in [3.63, 3.8) is 0 Å². The van der Waals surface area contributed by atoms with E-state index in [1.54, 1.807) is 18.3 Å². The Kier molecular flexibility index (Phi) is 6.13. The largest absolute Gasteiger partial charge is 0.366 e. The fourth-order valence-electron chi connectivity index (χ4n) is 3.99. The summed E-state index contributed by atoms with van der Waals surface area (Å²) in [6, 6.07) is 24.4. The molecule has 1 aromatic heterocycles. The summed E-state index contributed by atoms with van der Waals surface area (Å²) in [7, 11) is 0. The highest BCUT2D eigenvalue weighted by Crippen LogP contribution is 2.28. The van der Waals surface area contributed by atoms with Gasteiger partial charge >= 0.3 is 0 Å². The predicted molar refractivity (Wildman–Crippen MR) is 132 cm³/mol. The molecule has 0 radical (unpaired) electrons. The van der Waals surface area contributed by atoms with Crippen LogP contribution in [-0.4, -0.2) is 42.0 Å². The maximum Gasteiger partial charge on any atom is 0.253 e. The monoisotopic (exact) mass is 458 g/mol. The second kappa shape index (κ2) is 9.50. The molecule has 0 aliphatic carbocycles. The molecular formula is C26H23FN4OS. The second-order valence-electron chi connectivity index (χ2n) is 7.84. The van der Waals surface area contributed by atoms with Gasteiger partial charge in [0.2, 0.25) is 0 Å². The number of piperazine rings is 1. The predicted octanol–water partition coefficient (Wildman–Crippen LogP) is 5.46. The van der Waals surface area contributed by atoms with Gasteiger partial charge in [-0.2, -0.15) is 0 Å². The van der Waals surface area contributed by atoms with Crippen LogP contribution in [0.25, 0.3) is 10.9 Å². The number of amides is 1. The Labute approximate surface area is 196 Å². The molecule has 3 aromatic carbocycles. The van der Waals surface area contributed by atoms with E-state index in [1.807, 2.05) is 70.5 Å². The van der Waals surface area contributed by atoms with Crippen LogP contribution in [0.5, 0.6) is 0 Å². The molecule has 2 heterocycles. The van der Waals surface area contributed by atoms with Gasteiger partial charge in [0, 0.05) is 49.0 Å². The summed E-state index contributed by atoms with van der Waals surface area (Å²) in [6.07, 6.45) is 1.79. The van der Waals surface area contributed by atoms with Gasteiger partial charge in [-0.15, -0.1) is 0 Å². The molecule has 0 bridgehead atoms. The maximum absolute atomic E-state index is 14.0. The summed E-state index contributed by atoms with van der Waals surface area (Å²) in [4.78, 5) is 22.3. The Bertz CT molecular complexity index is 1270. The summed E-state index contributed by atoms with van der Waals surface area (Å²) in [6.45, 7) is 2.36. The van der Waals surface area contributed by atoms with Crippen molar-refractivity contribution in [3.8, 4) is 0 Å². The quantitative estimate of drug-likeness (QED) is 0.403. The lowest BCUT2D eigenvalue weighted by Gasteiger charge is -2.36. The molecule has 1 N–H and O–H groups in total. The van der Waals surface area contributed by atoms with Gasteiger partial charge in [0.1, 0.15) is 5.82 Å². The molecule has 33 heavy (non-hydrogen) atoms. The van der Waals surface area contributed by atoms with E-state index in [9.17, 15) is 9.18 Å². The van der Waals surface area contributed by atoms with Gasteiger partial charge in [-0.05, 0) is 60.5 Å². The normalized spacial score (nSPS) is 13.8. The Morgan fingerprint density at radius 3 is 2.42 bits per heavy atom. The highest BCUT2D eigenvalue weighted by Gasteiger charge is 2.23. The number of pyridine rings is 1. The van der Waals surface area contributed by atoms with Gasteiger partial charge in [0.25, 0.3) is 5.91 Å². The van der Waals surface area contributed by atoms with Gasteiger partial charge in [-0.3, -0.25) is 9.78 Å². The first-order valence-electron chi connectivity index (χ1n) is 10.8. The number of para-hydroxylation sites is 2. The van der Waals surface area contributed by atoms with Crippen LogP contribution in [0.15, 0.2) is 90.0 Å². The molecule has 0 unspecified atom stereocenters. The summed E-state index contributed by atoms with van der Waals surface area (Å²) >= 11 is 1.50. The zero-order valence-corrected chi connectivity index (χ0v) is 18.8. The van der Waals surface area contributed by atoms with Crippen LogP contribution in [-0.2, 0) is 0 Å². The number of rotatable bonds is 5. The molecule has 7 heteroatoms. The van der Waals surface area contributed by atoms with Gasteiger partial charge in [-0.1, -0.05) is 30.3 Å². The molecule has 4 aromatic rings. The minimum Gasteiger partial charge on any atom is -0.366 e. The highest BCUT2D eigenvalue weighted by atomic mass is 32.2. The topological polar surface area (TPSA) is 48.5 Å². The number of nitrogens with one attached hydrogen (secondary N) is 1. The number of carbonyl (C=O) groups excluding carboxylic acids is 1. The number of nitrogens with zero attached hydrogens (tertiary/aromatic N) is 3. The first-order valence-corrected chi connectivity index (χ1v) is 11.7. The summed E-state index contributed by atoms with van der Waals surface area (Å²) in [5, 5.41) is 1.10.